The van der Waals surface area contributed by atoms with Crippen LogP contribution in [0.2, 0.25) is 0 Å². The maximum Gasteiger partial charge on any atom is 0.266 e. The lowest BCUT2D eigenvalue weighted by atomic mass is 9.91. The van der Waals surface area contributed by atoms with Gasteiger partial charge in [-0.3, -0.25) is 9.59 Å². The summed E-state index contributed by atoms with van der Waals surface area (Å²) in [6.07, 6.45) is 4.96. The van der Waals surface area contributed by atoms with Gasteiger partial charge >= 0.3 is 0 Å². The lowest BCUT2D eigenvalue weighted by molar-refractivity contribution is 0.0921. The van der Waals surface area contributed by atoms with Crippen LogP contribution in [0, 0.1) is 0 Å². The second-order valence-corrected chi connectivity index (χ2v) is 6.78. The Morgan fingerprint density at radius 3 is 2.72 bits per heavy atom. The molecule has 0 atom stereocenters. The second kappa shape index (κ2) is 6.72. The van der Waals surface area contributed by atoms with Gasteiger partial charge in [0.2, 0.25) is 0 Å². The Hall–Kier alpha value is -2.61. The summed E-state index contributed by atoms with van der Waals surface area (Å²) >= 11 is 1.14. The summed E-state index contributed by atoms with van der Waals surface area (Å²) in [5.74, 6) is -0.0895. The van der Waals surface area contributed by atoms with Crippen molar-refractivity contribution in [2.24, 2.45) is 0 Å². The van der Waals surface area contributed by atoms with E-state index < -0.39 is 0 Å². The molecule has 1 aromatic carbocycles. The van der Waals surface area contributed by atoms with Crippen molar-refractivity contribution in [2.45, 2.75) is 37.8 Å². The lowest BCUT2D eigenvalue weighted by Crippen LogP contribution is -2.39. The van der Waals surface area contributed by atoms with Crippen LogP contribution in [0.4, 0.5) is 0 Å². The van der Waals surface area contributed by atoms with Crippen LogP contribution >= 0.6 is 11.7 Å². The molecule has 0 aliphatic heterocycles. The molecule has 2 heterocycles. The minimum absolute atomic E-state index is 0.0693. The number of nitrogens with zero attached hydrogens (tertiary/aromatic N) is 4. The molecular weight excluding hydrogens is 338 g/mol. The van der Waals surface area contributed by atoms with Gasteiger partial charge in [0.1, 0.15) is 11.0 Å². The summed E-state index contributed by atoms with van der Waals surface area (Å²) in [5, 5.41) is 7.25. The Kier molecular flexibility index (Phi) is 4.27. The molecule has 1 aliphatic rings. The zero-order chi connectivity index (χ0) is 17.2. The van der Waals surface area contributed by atoms with Crippen LogP contribution in [0.15, 0.2) is 41.3 Å². The third-order valence-corrected chi connectivity index (χ3v) is 5.19. The molecule has 0 bridgehead atoms. The molecule has 0 radical (unpaired) electrons. The summed E-state index contributed by atoms with van der Waals surface area (Å²) in [7, 11) is 0. The molecule has 1 saturated carbocycles. The summed E-state index contributed by atoms with van der Waals surface area (Å²) < 4.78 is 9.87. The number of amides is 1. The maximum atomic E-state index is 12.5. The fourth-order valence-electron chi connectivity index (χ4n) is 3.30. The minimum Gasteiger partial charge on any atom is -0.349 e. The molecule has 3 aromatic rings. The topological polar surface area (TPSA) is 89.8 Å². The average Bonchev–Trinajstić information content (AvgIpc) is 3.10. The molecule has 1 aliphatic carbocycles. The minimum atomic E-state index is -0.0895. The molecule has 1 fully saturated rings. The van der Waals surface area contributed by atoms with Gasteiger partial charge in [-0.2, -0.15) is 13.8 Å². The van der Waals surface area contributed by atoms with Crippen LogP contribution in [0.5, 0.6) is 0 Å². The van der Waals surface area contributed by atoms with Crippen molar-refractivity contribution in [2.75, 3.05) is 0 Å². The predicted molar refractivity (Wildman–Crippen MR) is 94.7 cm³/mol. The quantitative estimate of drug-likeness (QED) is 0.778. The van der Waals surface area contributed by atoms with Crippen LogP contribution in [-0.4, -0.2) is 30.5 Å². The van der Waals surface area contributed by atoms with Gasteiger partial charge in [0.05, 0.1) is 17.8 Å². The molecule has 0 saturated heterocycles. The van der Waals surface area contributed by atoms with Crippen molar-refractivity contribution in [1.82, 2.24) is 23.8 Å². The third-order valence-electron chi connectivity index (χ3n) is 4.64. The highest BCUT2D eigenvalue weighted by Gasteiger charge is 2.25. The van der Waals surface area contributed by atoms with E-state index in [2.05, 4.69) is 19.2 Å². The lowest BCUT2D eigenvalue weighted by Gasteiger charge is -2.29. The van der Waals surface area contributed by atoms with Crippen molar-refractivity contribution in [3.8, 4) is 0 Å². The SMILES string of the molecule is O=C(NC1CCC(n2ncccc2=O)CC1)c1ccc2nsnc2c1. The molecule has 0 spiro atoms. The molecule has 128 valence electrons. The summed E-state index contributed by atoms with van der Waals surface area (Å²) in [5.41, 5.74) is 2.09. The van der Waals surface area contributed by atoms with E-state index in [1.54, 1.807) is 29.1 Å². The first kappa shape index (κ1) is 15.9. The standard InChI is InChI=1S/C17H17N5O2S/c23-16-2-1-9-18-22(16)13-6-4-12(5-7-13)19-17(24)11-3-8-14-15(10-11)21-25-20-14/h1-3,8-10,12-13H,4-7H2,(H,19,24). The van der Waals surface area contributed by atoms with E-state index in [4.69, 9.17) is 0 Å². The van der Waals surface area contributed by atoms with Gasteiger partial charge in [0.25, 0.3) is 11.5 Å². The molecule has 25 heavy (non-hydrogen) atoms. The van der Waals surface area contributed by atoms with Crippen molar-refractivity contribution in [1.29, 1.82) is 0 Å². The van der Waals surface area contributed by atoms with Crippen LogP contribution in [0.25, 0.3) is 11.0 Å². The molecule has 1 N–H and O–H groups in total. The molecule has 0 unspecified atom stereocenters. The molecule has 7 nitrogen and oxygen atoms in total. The van der Waals surface area contributed by atoms with E-state index in [0.717, 1.165) is 48.4 Å². The number of hydrogen-bond donors (Lipinski definition) is 1. The van der Waals surface area contributed by atoms with E-state index in [0.29, 0.717) is 5.56 Å². The van der Waals surface area contributed by atoms with Gasteiger partial charge in [-0.1, -0.05) is 0 Å². The monoisotopic (exact) mass is 355 g/mol. The Bertz CT molecular complexity index is 959. The zero-order valence-corrected chi connectivity index (χ0v) is 14.3. The number of hydrogen-bond acceptors (Lipinski definition) is 6. The Morgan fingerprint density at radius 1 is 1.12 bits per heavy atom. The number of rotatable bonds is 3. The molecule has 1 amide bonds. The van der Waals surface area contributed by atoms with Gasteiger partial charge in [-0.15, -0.1) is 0 Å². The third kappa shape index (κ3) is 3.30. The largest absolute Gasteiger partial charge is 0.349 e. The second-order valence-electron chi connectivity index (χ2n) is 6.25. The normalized spacial score (nSPS) is 20.5. The average molecular weight is 355 g/mol. The fraction of sp³-hybridized carbons (Fsp3) is 0.353. The van der Waals surface area contributed by atoms with E-state index >= 15 is 0 Å². The number of carbonyl (C=O) groups excluding carboxylic acids is 1. The number of carbonyl (C=O) groups is 1. The highest BCUT2D eigenvalue weighted by Crippen LogP contribution is 2.27. The van der Waals surface area contributed by atoms with Gasteiger partial charge < -0.3 is 5.32 Å². The van der Waals surface area contributed by atoms with Gasteiger partial charge in [0, 0.05) is 23.9 Å². The number of nitrogens with one attached hydrogen (secondary N) is 1. The Labute approximate surface area is 148 Å². The maximum absolute atomic E-state index is 12.5. The van der Waals surface area contributed by atoms with E-state index in [9.17, 15) is 9.59 Å². The fourth-order valence-corrected chi connectivity index (χ4v) is 3.82. The van der Waals surface area contributed by atoms with E-state index in [1.807, 2.05) is 6.07 Å². The van der Waals surface area contributed by atoms with Crippen molar-refractivity contribution in [3.63, 3.8) is 0 Å². The first-order valence-corrected chi connectivity index (χ1v) is 9.01. The number of aromatic nitrogens is 4. The van der Waals surface area contributed by atoms with Crippen molar-refractivity contribution >= 4 is 28.7 Å². The molecular formula is C17H17N5O2S. The Balaban J connectivity index is 1.39. The molecule has 2 aromatic heterocycles. The smallest absolute Gasteiger partial charge is 0.266 e. The highest BCUT2D eigenvalue weighted by molar-refractivity contribution is 7.00. The number of benzene rings is 1. The van der Waals surface area contributed by atoms with Crippen LogP contribution in [0.3, 0.4) is 0 Å². The van der Waals surface area contributed by atoms with Gasteiger partial charge in [0.15, 0.2) is 0 Å². The van der Waals surface area contributed by atoms with Gasteiger partial charge in [-0.25, -0.2) is 4.68 Å². The number of fused-ring (bicyclic) bond motifs is 1. The van der Waals surface area contributed by atoms with Crippen molar-refractivity contribution in [3.05, 3.63) is 52.4 Å². The van der Waals surface area contributed by atoms with Crippen LogP contribution in [0.1, 0.15) is 42.1 Å². The zero-order valence-electron chi connectivity index (χ0n) is 13.5. The van der Waals surface area contributed by atoms with Crippen molar-refractivity contribution < 1.29 is 4.79 Å². The molecule has 8 heteroatoms. The summed E-state index contributed by atoms with van der Waals surface area (Å²) in [6.45, 7) is 0. The summed E-state index contributed by atoms with van der Waals surface area (Å²) in [6, 6.07) is 8.78. The Morgan fingerprint density at radius 2 is 1.92 bits per heavy atom. The predicted octanol–water partition coefficient (Wildman–Crippen LogP) is 2.16. The van der Waals surface area contributed by atoms with Gasteiger partial charge in [-0.05, 0) is 49.9 Å². The van der Waals surface area contributed by atoms with Crippen LogP contribution in [-0.2, 0) is 0 Å². The summed E-state index contributed by atoms with van der Waals surface area (Å²) in [4.78, 5) is 24.3. The molecule has 4 rings (SSSR count). The van der Waals surface area contributed by atoms with E-state index in [1.165, 1.54) is 6.07 Å². The first-order valence-electron chi connectivity index (χ1n) is 8.28. The highest BCUT2D eigenvalue weighted by atomic mass is 32.1. The first-order chi connectivity index (χ1) is 12.2. The van der Waals surface area contributed by atoms with E-state index in [-0.39, 0.29) is 23.6 Å². The van der Waals surface area contributed by atoms with Crippen LogP contribution < -0.4 is 10.9 Å².